The molecule has 1 aromatic heterocycles. The molecule has 10 nitrogen and oxygen atoms in total. The number of nitrogens with zero attached hydrogens (tertiary/aromatic N) is 1. The van der Waals surface area contributed by atoms with E-state index in [9.17, 15) is 23.1 Å². The first-order valence-corrected chi connectivity index (χ1v) is 10.3. The predicted octanol–water partition coefficient (Wildman–Crippen LogP) is -0.494. The zero-order chi connectivity index (χ0) is 21.0. The average molecular weight is 419 g/mol. The van der Waals surface area contributed by atoms with E-state index in [1.165, 1.54) is 19.1 Å². The molecule has 154 valence electrons. The summed E-state index contributed by atoms with van der Waals surface area (Å²) in [6, 6.07) is 8.78. The van der Waals surface area contributed by atoms with Crippen LogP contribution in [0.15, 0.2) is 48.8 Å². The number of carbonyl (C=O) groups excluding carboxylic acids is 2. The number of nitrogens with one attached hydrogen (secondary N) is 4. The van der Waals surface area contributed by atoms with E-state index in [-0.39, 0.29) is 17.8 Å². The Kier molecular flexibility index (Phi) is 6.11. The van der Waals surface area contributed by atoms with Gasteiger partial charge in [0.25, 0.3) is 5.91 Å². The molecule has 2 aromatic rings. The van der Waals surface area contributed by atoms with Crippen molar-refractivity contribution in [2.24, 2.45) is 0 Å². The van der Waals surface area contributed by atoms with Crippen molar-refractivity contribution in [1.82, 2.24) is 20.9 Å². The van der Waals surface area contributed by atoms with Gasteiger partial charge in [-0.05, 0) is 30.7 Å². The van der Waals surface area contributed by atoms with Crippen LogP contribution >= 0.6 is 0 Å². The Morgan fingerprint density at radius 3 is 2.69 bits per heavy atom. The molecule has 1 saturated heterocycles. The number of carbonyl (C=O) groups is 2. The Hall–Kier alpha value is -3.02. The summed E-state index contributed by atoms with van der Waals surface area (Å²) in [4.78, 5) is 28.7. The zero-order valence-corrected chi connectivity index (χ0v) is 16.3. The lowest BCUT2D eigenvalue weighted by Crippen LogP contribution is -2.65. The molecule has 11 heteroatoms. The van der Waals surface area contributed by atoms with Crippen LogP contribution < -0.4 is 20.7 Å². The van der Waals surface area contributed by atoms with E-state index in [4.69, 9.17) is 0 Å². The third kappa shape index (κ3) is 4.88. The minimum Gasteiger partial charge on any atom is -0.361 e. The summed E-state index contributed by atoms with van der Waals surface area (Å²) in [5.74, 6) is -1.32. The highest BCUT2D eigenvalue weighted by Gasteiger charge is 2.42. The number of para-hydroxylation sites is 1. The lowest BCUT2D eigenvalue weighted by Gasteiger charge is -2.32. The molecule has 3 unspecified atom stereocenters. The number of rotatable bonds is 6. The van der Waals surface area contributed by atoms with Crippen LogP contribution in [-0.4, -0.2) is 48.0 Å². The summed E-state index contributed by atoms with van der Waals surface area (Å²) >= 11 is 0. The first-order chi connectivity index (χ1) is 13.8. The monoisotopic (exact) mass is 419 g/mol. The van der Waals surface area contributed by atoms with Crippen LogP contribution in [0.3, 0.4) is 0 Å². The molecule has 1 fully saturated rings. The smallest absolute Gasteiger partial charge is 0.253 e. The van der Waals surface area contributed by atoms with Gasteiger partial charge in [0.05, 0.1) is 11.3 Å². The summed E-state index contributed by atoms with van der Waals surface area (Å²) in [5.41, 5.74) is 0.940. The van der Waals surface area contributed by atoms with Crippen LogP contribution in [0.1, 0.15) is 22.8 Å². The van der Waals surface area contributed by atoms with Gasteiger partial charge in [-0.2, -0.15) is 0 Å². The summed E-state index contributed by atoms with van der Waals surface area (Å²) in [6.07, 6.45) is 1.90. The van der Waals surface area contributed by atoms with Crippen molar-refractivity contribution in [3.8, 4) is 0 Å². The molecule has 29 heavy (non-hydrogen) atoms. The molecular weight excluding hydrogens is 398 g/mol. The lowest BCUT2D eigenvalue weighted by atomic mass is 10.1. The van der Waals surface area contributed by atoms with E-state index in [2.05, 4.69) is 25.7 Å². The van der Waals surface area contributed by atoms with E-state index < -0.39 is 39.5 Å². The third-order valence-corrected chi connectivity index (χ3v) is 6.14. The maximum Gasteiger partial charge on any atom is 0.253 e. The number of sulfonamides is 1. The number of hydrogen-bond donors (Lipinski definition) is 5. The largest absolute Gasteiger partial charge is 0.361 e. The zero-order valence-electron chi connectivity index (χ0n) is 15.5. The quantitative estimate of drug-likeness (QED) is 0.424. The SMILES string of the molecule is CC1NC(O)NC(=O)C1S(=O)(=O)Nc1ccccc1C(=O)NCc1cccnc1. The minimum atomic E-state index is -4.21. The Morgan fingerprint density at radius 1 is 1.24 bits per heavy atom. The molecule has 2 amide bonds. The number of pyridine rings is 1. The summed E-state index contributed by atoms with van der Waals surface area (Å²) in [5, 5.41) is 15.4. The maximum atomic E-state index is 12.8. The summed E-state index contributed by atoms with van der Waals surface area (Å²) in [6.45, 7) is 1.69. The van der Waals surface area contributed by atoms with Crippen molar-refractivity contribution in [3.05, 3.63) is 59.9 Å². The predicted molar refractivity (Wildman–Crippen MR) is 105 cm³/mol. The number of hydrogen-bond acceptors (Lipinski definition) is 7. The molecule has 5 N–H and O–H groups in total. The lowest BCUT2D eigenvalue weighted by molar-refractivity contribution is -0.127. The van der Waals surface area contributed by atoms with Crippen molar-refractivity contribution in [2.45, 2.75) is 31.1 Å². The van der Waals surface area contributed by atoms with Crippen molar-refractivity contribution in [2.75, 3.05) is 4.72 Å². The number of aromatic nitrogens is 1. The average Bonchev–Trinajstić information content (AvgIpc) is 2.66. The van der Waals surface area contributed by atoms with E-state index in [1.807, 2.05) is 0 Å². The summed E-state index contributed by atoms with van der Waals surface area (Å²) < 4.78 is 27.9. The molecule has 0 spiro atoms. The normalized spacial score (nSPS) is 21.9. The number of benzene rings is 1. The highest BCUT2D eigenvalue weighted by atomic mass is 32.2. The van der Waals surface area contributed by atoms with E-state index in [0.717, 1.165) is 5.56 Å². The molecular formula is C18H21N5O5S. The number of anilines is 1. The molecule has 2 heterocycles. The maximum absolute atomic E-state index is 12.8. The molecule has 3 atom stereocenters. The Balaban J connectivity index is 1.78. The molecule has 3 rings (SSSR count). The van der Waals surface area contributed by atoms with Gasteiger partial charge in [-0.1, -0.05) is 18.2 Å². The Morgan fingerprint density at radius 2 is 2.00 bits per heavy atom. The van der Waals surface area contributed by atoms with Crippen molar-refractivity contribution >= 4 is 27.5 Å². The first-order valence-electron chi connectivity index (χ1n) is 8.80. The van der Waals surface area contributed by atoms with Crippen LogP contribution in [0.5, 0.6) is 0 Å². The minimum absolute atomic E-state index is 0.0438. The first kappa shape index (κ1) is 20.7. The van der Waals surface area contributed by atoms with Gasteiger partial charge >= 0.3 is 0 Å². The van der Waals surface area contributed by atoms with Crippen LogP contribution in [-0.2, 0) is 21.4 Å². The second kappa shape index (κ2) is 8.55. The molecule has 1 aliphatic heterocycles. The van der Waals surface area contributed by atoms with Gasteiger partial charge < -0.3 is 15.7 Å². The van der Waals surface area contributed by atoms with Crippen molar-refractivity contribution < 1.29 is 23.1 Å². The topological polar surface area (TPSA) is 150 Å². The van der Waals surface area contributed by atoms with E-state index >= 15 is 0 Å². The van der Waals surface area contributed by atoms with Gasteiger partial charge in [-0.3, -0.25) is 24.6 Å². The fourth-order valence-corrected chi connectivity index (χ4v) is 4.58. The molecule has 0 radical (unpaired) electrons. The van der Waals surface area contributed by atoms with Gasteiger partial charge in [-0.15, -0.1) is 0 Å². The summed E-state index contributed by atoms with van der Waals surface area (Å²) in [7, 11) is -4.21. The van der Waals surface area contributed by atoms with Gasteiger partial charge in [0.2, 0.25) is 15.9 Å². The molecule has 0 bridgehead atoms. The highest BCUT2D eigenvalue weighted by Crippen LogP contribution is 2.20. The molecule has 1 aliphatic rings. The van der Waals surface area contributed by atoms with Gasteiger partial charge in [0.1, 0.15) is 0 Å². The Bertz CT molecular complexity index is 999. The van der Waals surface area contributed by atoms with Gasteiger partial charge in [0.15, 0.2) is 11.6 Å². The van der Waals surface area contributed by atoms with Crippen LogP contribution in [0.4, 0.5) is 5.69 Å². The standard InChI is InChI=1S/C18H21N5O5S/c1-11-15(17(25)22-18(26)21-11)29(27,28)23-14-7-3-2-6-13(14)16(24)20-10-12-5-4-8-19-9-12/h2-9,11,15,18,21,23,26H,10H2,1H3,(H,20,24)(H,22,25). The van der Waals surface area contributed by atoms with Crippen molar-refractivity contribution in [3.63, 3.8) is 0 Å². The second-order valence-electron chi connectivity index (χ2n) is 6.52. The van der Waals surface area contributed by atoms with E-state index in [0.29, 0.717) is 0 Å². The highest BCUT2D eigenvalue weighted by molar-refractivity contribution is 7.94. The van der Waals surface area contributed by atoms with Crippen LogP contribution in [0.25, 0.3) is 0 Å². The molecule has 0 aliphatic carbocycles. The van der Waals surface area contributed by atoms with Crippen molar-refractivity contribution in [1.29, 1.82) is 0 Å². The fourth-order valence-electron chi connectivity index (χ4n) is 3.00. The number of amides is 2. The number of aliphatic hydroxyl groups excluding tert-OH is 1. The fraction of sp³-hybridized carbons (Fsp3) is 0.278. The van der Waals surface area contributed by atoms with Gasteiger partial charge in [0, 0.05) is 25.0 Å². The molecule has 0 saturated carbocycles. The second-order valence-corrected chi connectivity index (χ2v) is 8.33. The molecule has 1 aromatic carbocycles. The van der Waals surface area contributed by atoms with E-state index in [1.54, 1.807) is 36.7 Å². The number of aliphatic hydroxyl groups is 1. The van der Waals surface area contributed by atoms with Gasteiger partial charge in [-0.25, -0.2) is 8.42 Å². The van der Waals surface area contributed by atoms with Crippen LogP contribution in [0, 0.1) is 0 Å². The van der Waals surface area contributed by atoms with Crippen LogP contribution in [0.2, 0.25) is 0 Å². The Labute approximate surface area is 167 Å². The third-order valence-electron chi connectivity index (χ3n) is 4.35.